The molecule has 1 heterocycles. The normalized spacial score (nSPS) is 17.3. The first-order chi connectivity index (χ1) is 15.9. The topological polar surface area (TPSA) is 83.9 Å². The molecule has 6 nitrogen and oxygen atoms in total. The lowest BCUT2D eigenvalue weighted by molar-refractivity contribution is -0.132. The lowest BCUT2D eigenvalue weighted by atomic mass is 9.95. The average molecular weight is 506 g/mol. The van der Waals surface area contributed by atoms with Crippen LogP contribution in [0.5, 0.6) is 0 Å². The Morgan fingerprint density at radius 2 is 1.58 bits per heavy atom. The summed E-state index contributed by atoms with van der Waals surface area (Å²) in [6, 6.07) is 21.3. The van der Waals surface area contributed by atoms with Crippen LogP contribution < -0.4 is 4.90 Å². The van der Waals surface area contributed by atoms with Crippen LogP contribution in [0.4, 0.5) is 5.69 Å². The first-order valence-corrected chi connectivity index (χ1v) is 11.1. The van der Waals surface area contributed by atoms with Crippen molar-refractivity contribution in [2.45, 2.75) is 13.0 Å². The Morgan fingerprint density at radius 1 is 0.939 bits per heavy atom. The fourth-order valence-electron chi connectivity index (χ4n) is 3.78. The van der Waals surface area contributed by atoms with Crippen molar-refractivity contribution in [2.24, 2.45) is 0 Å². The number of ether oxygens (including phenoxy) is 1. The monoisotopic (exact) mass is 505 g/mol. The summed E-state index contributed by atoms with van der Waals surface area (Å²) < 4.78 is 5.85. The van der Waals surface area contributed by atoms with Crippen LogP contribution in [0.2, 0.25) is 0 Å². The zero-order valence-electron chi connectivity index (χ0n) is 17.7. The molecule has 7 heteroatoms. The molecule has 0 saturated carbocycles. The minimum atomic E-state index is -0.841. The van der Waals surface area contributed by atoms with Crippen LogP contribution in [0.3, 0.4) is 0 Å². The van der Waals surface area contributed by atoms with Crippen molar-refractivity contribution in [3.05, 3.63) is 106 Å². The van der Waals surface area contributed by atoms with Crippen LogP contribution in [-0.4, -0.2) is 29.4 Å². The Morgan fingerprint density at radius 3 is 2.18 bits per heavy atom. The van der Waals surface area contributed by atoms with Crippen molar-refractivity contribution in [1.29, 1.82) is 0 Å². The Bertz CT molecular complexity index is 1230. The molecule has 4 rings (SSSR count). The van der Waals surface area contributed by atoms with Crippen molar-refractivity contribution < 1.29 is 24.2 Å². The fraction of sp³-hybridized carbons (Fsp3) is 0.115. The lowest BCUT2D eigenvalue weighted by Gasteiger charge is -2.25. The van der Waals surface area contributed by atoms with E-state index in [4.69, 9.17) is 4.74 Å². The molecule has 1 saturated heterocycles. The number of carbonyl (C=O) groups excluding carboxylic acids is 3. The average Bonchev–Trinajstić information content (AvgIpc) is 3.10. The van der Waals surface area contributed by atoms with E-state index in [-0.39, 0.29) is 17.9 Å². The molecule has 0 unspecified atom stereocenters. The van der Waals surface area contributed by atoms with E-state index in [9.17, 15) is 19.5 Å². The van der Waals surface area contributed by atoms with Gasteiger partial charge in [0.25, 0.3) is 11.7 Å². The van der Waals surface area contributed by atoms with Gasteiger partial charge >= 0.3 is 5.97 Å². The number of halogens is 1. The van der Waals surface area contributed by atoms with Gasteiger partial charge in [-0.2, -0.15) is 0 Å². The van der Waals surface area contributed by atoms with E-state index < -0.39 is 23.7 Å². The second-order valence-electron chi connectivity index (χ2n) is 7.35. The van der Waals surface area contributed by atoms with E-state index in [1.54, 1.807) is 73.7 Å². The number of Topliss-reactive ketones (excluding diaryl/α,β-unsaturated/α-hetero) is 1. The van der Waals surface area contributed by atoms with Crippen LogP contribution in [0.15, 0.2) is 88.9 Å². The predicted molar refractivity (Wildman–Crippen MR) is 128 cm³/mol. The molecule has 0 radical (unpaired) electrons. The first-order valence-electron chi connectivity index (χ1n) is 10.3. The Hall–Kier alpha value is -3.71. The molecule has 3 aromatic rings. The quantitative estimate of drug-likeness (QED) is 0.221. The number of rotatable bonds is 5. The van der Waals surface area contributed by atoms with Gasteiger partial charge in [-0.25, -0.2) is 4.79 Å². The molecule has 3 aromatic carbocycles. The largest absolute Gasteiger partial charge is 0.507 e. The zero-order chi connectivity index (χ0) is 23.5. The second-order valence-corrected chi connectivity index (χ2v) is 8.27. The van der Waals surface area contributed by atoms with Gasteiger partial charge in [0.05, 0.1) is 23.8 Å². The summed E-state index contributed by atoms with van der Waals surface area (Å²) >= 11 is 3.40. The number of hydrogen-bond donors (Lipinski definition) is 1. The maximum Gasteiger partial charge on any atom is 0.338 e. The van der Waals surface area contributed by atoms with E-state index in [2.05, 4.69) is 15.9 Å². The van der Waals surface area contributed by atoms with E-state index in [0.29, 0.717) is 22.4 Å². The van der Waals surface area contributed by atoms with Gasteiger partial charge in [0, 0.05) is 15.7 Å². The molecule has 0 spiro atoms. The Labute approximate surface area is 199 Å². The molecule has 1 atom stereocenters. The van der Waals surface area contributed by atoms with Crippen LogP contribution in [-0.2, 0) is 14.3 Å². The number of carbonyl (C=O) groups is 3. The fourth-order valence-corrected chi connectivity index (χ4v) is 4.05. The van der Waals surface area contributed by atoms with Gasteiger partial charge in [-0.3, -0.25) is 14.5 Å². The summed E-state index contributed by atoms with van der Waals surface area (Å²) in [6.07, 6.45) is 0. The molecule has 1 fully saturated rings. The lowest BCUT2D eigenvalue weighted by Crippen LogP contribution is -2.29. The van der Waals surface area contributed by atoms with E-state index in [1.807, 2.05) is 12.1 Å². The number of anilines is 1. The van der Waals surface area contributed by atoms with E-state index >= 15 is 0 Å². The van der Waals surface area contributed by atoms with Gasteiger partial charge in [0.2, 0.25) is 0 Å². The van der Waals surface area contributed by atoms with Crippen LogP contribution >= 0.6 is 15.9 Å². The SMILES string of the molecule is CCOC(=O)c1ccc(N2C(=O)C(=O)C(=C(O)c3ccccc3)[C@H]2c2ccc(Br)cc2)cc1. The zero-order valence-corrected chi connectivity index (χ0v) is 19.3. The van der Waals surface area contributed by atoms with Gasteiger partial charge in [-0.05, 0) is 48.9 Å². The van der Waals surface area contributed by atoms with Crippen molar-refractivity contribution in [2.75, 3.05) is 11.5 Å². The molecule has 0 aliphatic carbocycles. The molecular weight excluding hydrogens is 486 g/mol. The number of ketones is 1. The third-order valence-electron chi connectivity index (χ3n) is 5.33. The number of benzene rings is 3. The summed E-state index contributed by atoms with van der Waals surface area (Å²) in [4.78, 5) is 39.6. The molecule has 33 heavy (non-hydrogen) atoms. The highest BCUT2D eigenvalue weighted by atomic mass is 79.9. The molecule has 0 bridgehead atoms. The van der Waals surface area contributed by atoms with Gasteiger partial charge < -0.3 is 9.84 Å². The highest BCUT2D eigenvalue weighted by Gasteiger charge is 2.46. The minimum Gasteiger partial charge on any atom is -0.507 e. The van der Waals surface area contributed by atoms with E-state index in [0.717, 1.165) is 4.47 Å². The Kier molecular flexibility index (Phi) is 6.42. The molecule has 0 aromatic heterocycles. The van der Waals surface area contributed by atoms with Gasteiger partial charge in [0.1, 0.15) is 5.76 Å². The maximum atomic E-state index is 13.2. The molecule has 1 aliphatic heterocycles. The predicted octanol–water partition coefficient (Wildman–Crippen LogP) is 5.25. The van der Waals surface area contributed by atoms with Crippen LogP contribution in [0.25, 0.3) is 5.76 Å². The van der Waals surface area contributed by atoms with Crippen molar-refractivity contribution in [1.82, 2.24) is 0 Å². The second kappa shape index (κ2) is 9.42. The summed E-state index contributed by atoms with van der Waals surface area (Å²) in [6.45, 7) is 1.97. The molecular formula is C26H20BrNO5. The van der Waals surface area contributed by atoms with Crippen molar-refractivity contribution in [3.8, 4) is 0 Å². The standard InChI is InChI=1S/C26H20BrNO5/c1-2-33-26(32)18-10-14-20(15-11-18)28-22(16-8-12-19(27)13-9-16)21(24(30)25(28)31)23(29)17-6-4-3-5-7-17/h3-15,22,29H,2H2,1H3/t22-/m1/s1. The number of aliphatic hydroxyl groups is 1. The highest BCUT2D eigenvalue weighted by molar-refractivity contribution is 9.10. The highest BCUT2D eigenvalue weighted by Crippen LogP contribution is 2.42. The summed E-state index contributed by atoms with van der Waals surface area (Å²) in [5, 5.41) is 11.0. The van der Waals surface area contributed by atoms with Crippen LogP contribution in [0, 0.1) is 0 Å². The van der Waals surface area contributed by atoms with Crippen molar-refractivity contribution in [3.63, 3.8) is 0 Å². The smallest absolute Gasteiger partial charge is 0.338 e. The number of aliphatic hydroxyl groups excluding tert-OH is 1. The third-order valence-corrected chi connectivity index (χ3v) is 5.86. The third kappa shape index (κ3) is 4.32. The summed E-state index contributed by atoms with van der Waals surface area (Å²) in [5.41, 5.74) is 1.86. The van der Waals surface area contributed by atoms with Crippen molar-refractivity contribution >= 4 is 45.0 Å². The number of nitrogens with zero attached hydrogens (tertiary/aromatic N) is 1. The van der Waals surface area contributed by atoms with Crippen LogP contribution in [0.1, 0.15) is 34.5 Å². The molecule has 166 valence electrons. The minimum absolute atomic E-state index is 0.00277. The van der Waals surface area contributed by atoms with Gasteiger partial charge in [-0.1, -0.05) is 58.4 Å². The number of hydrogen-bond acceptors (Lipinski definition) is 5. The molecule has 1 aliphatic rings. The van der Waals surface area contributed by atoms with E-state index in [1.165, 1.54) is 4.90 Å². The Balaban J connectivity index is 1.85. The molecule has 1 amide bonds. The number of esters is 1. The summed E-state index contributed by atoms with van der Waals surface area (Å²) in [5.74, 6) is -2.25. The summed E-state index contributed by atoms with van der Waals surface area (Å²) in [7, 11) is 0. The molecule has 1 N–H and O–H groups in total. The van der Waals surface area contributed by atoms with Gasteiger partial charge in [-0.15, -0.1) is 0 Å². The first kappa shape index (κ1) is 22.5. The van der Waals surface area contributed by atoms with Gasteiger partial charge in [0.15, 0.2) is 0 Å². The maximum absolute atomic E-state index is 13.2. The number of amides is 1.